The van der Waals surface area contributed by atoms with E-state index in [1.165, 1.54) is 5.56 Å². The van der Waals surface area contributed by atoms with Gasteiger partial charge in [-0.05, 0) is 86.2 Å². The number of rotatable bonds is 2. The first kappa shape index (κ1) is 13.9. The molecule has 3 heteroatoms. The molecule has 1 heterocycles. The molecule has 0 saturated carbocycles. The number of ketones is 1. The molecule has 0 aliphatic rings. The summed E-state index contributed by atoms with van der Waals surface area (Å²) in [5.41, 5.74) is 6.31. The van der Waals surface area contributed by atoms with Gasteiger partial charge in [-0.15, -0.1) is 0 Å². The Labute approximate surface area is 118 Å². The van der Waals surface area contributed by atoms with Gasteiger partial charge in [0, 0.05) is 5.56 Å². The van der Waals surface area contributed by atoms with Crippen molar-refractivity contribution >= 4 is 17.4 Å². The van der Waals surface area contributed by atoms with Crippen LogP contribution in [0.3, 0.4) is 0 Å². The van der Waals surface area contributed by atoms with Crippen LogP contribution in [0.4, 0.5) is 0 Å². The summed E-state index contributed by atoms with van der Waals surface area (Å²) in [5, 5.41) is 0.235. The van der Waals surface area contributed by atoms with Crippen molar-refractivity contribution in [3.63, 3.8) is 0 Å². The second-order valence-corrected chi connectivity index (χ2v) is 5.31. The second-order valence-electron chi connectivity index (χ2n) is 4.93. The smallest absolute Gasteiger partial charge is 0.228 e. The Kier molecular flexibility index (Phi) is 3.55. The highest BCUT2D eigenvalue weighted by molar-refractivity contribution is 6.29. The van der Waals surface area contributed by atoms with Gasteiger partial charge in [0.15, 0.2) is 11.0 Å². The zero-order valence-corrected chi connectivity index (χ0v) is 12.6. The molecular weight excluding hydrogens is 260 g/mol. The van der Waals surface area contributed by atoms with E-state index < -0.39 is 0 Å². The predicted molar refractivity (Wildman–Crippen MR) is 77.3 cm³/mol. The van der Waals surface area contributed by atoms with Gasteiger partial charge in [0.25, 0.3) is 0 Å². The van der Waals surface area contributed by atoms with Gasteiger partial charge in [0.1, 0.15) is 0 Å². The zero-order valence-electron chi connectivity index (χ0n) is 11.8. The van der Waals surface area contributed by atoms with Crippen molar-refractivity contribution in [3.8, 4) is 0 Å². The van der Waals surface area contributed by atoms with Crippen LogP contribution >= 0.6 is 11.6 Å². The fourth-order valence-corrected chi connectivity index (χ4v) is 2.55. The van der Waals surface area contributed by atoms with E-state index in [1.807, 2.05) is 27.7 Å². The maximum absolute atomic E-state index is 12.6. The standard InChI is InChI=1S/C16H17ClO2/c1-8-9(2)11(4)15(12(5)10(8)3)16(18)13-6-7-14(17)19-13/h6-7H,1-5H3. The summed E-state index contributed by atoms with van der Waals surface area (Å²) >= 11 is 5.74. The number of hydrogen-bond acceptors (Lipinski definition) is 2. The minimum atomic E-state index is -0.104. The van der Waals surface area contributed by atoms with E-state index >= 15 is 0 Å². The molecule has 0 N–H and O–H groups in total. The number of benzene rings is 1. The van der Waals surface area contributed by atoms with Crippen LogP contribution in [0.15, 0.2) is 16.5 Å². The highest BCUT2D eigenvalue weighted by Crippen LogP contribution is 2.28. The number of furan rings is 1. The lowest BCUT2D eigenvalue weighted by molar-refractivity contribution is 0.101. The van der Waals surface area contributed by atoms with Crippen LogP contribution in [0.2, 0.25) is 5.22 Å². The Morgan fingerprint density at radius 1 is 0.895 bits per heavy atom. The summed E-state index contributed by atoms with van der Waals surface area (Å²) < 4.78 is 5.24. The van der Waals surface area contributed by atoms with Gasteiger partial charge in [0.2, 0.25) is 5.78 Å². The van der Waals surface area contributed by atoms with Crippen LogP contribution in [-0.2, 0) is 0 Å². The van der Waals surface area contributed by atoms with Gasteiger partial charge in [-0.3, -0.25) is 4.79 Å². The molecule has 0 aliphatic heterocycles. The van der Waals surface area contributed by atoms with Crippen LogP contribution < -0.4 is 0 Å². The van der Waals surface area contributed by atoms with Gasteiger partial charge in [-0.1, -0.05) is 0 Å². The Balaban J connectivity index is 2.66. The maximum Gasteiger partial charge on any atom is 0.228 e. The SMILES string of the molecule is Cc1c(C)c(C)c(C(=O)c2ccc(Cl)o2)c(C)c1C. The number of hydrogen-bond donors (Lipinski definition) is 0. The Morgan fingerprint density at radius 3 is 1.79 bits per heavy atom. The third-order valence-electron chi connectivity index (χ3n) is 4.02. The highest BCUT2D eigenvalue weighted by atomic mass is 35.5. The summed E-state index contributed by atoms with van der Waals surface area (Å²) in [7, 11) is 0. The molecule has 0 radical (unpaired) electrons. The number of carbonyl (C=O) groups is 1. The fourth-order valence-electron chi connectivity index (χ4n) is 2.40. The van der Waals surface area contributed by atoms with Crippen LogP contribution in [-0.4, -0.2) is 5.78 Å². The van der Waals surface area contributed by atoms with E-state index in [0.29, 0.717) is 5.76 Å². The lowest BCUT2D eigenvalue weighted by atomic mass is 9.87. The molecule has 1 aromatic carbocycles. The molecule has 0 fully saturated rings. The number of halogens is 1. The van der Waals surface area contributed by atoms with E-state index in [1.54, 1.807) is 12.1 Å². The topological polar surface area (TPSA) is 30.2 Å². The molecule has 2 rings (SSSR count). The number of carbonyl (C=O) groups excluding carboxylic acids is 1. The first-order chi connectivity index (χ1) is 8.84. The van der Waals surface area contributed by atoms with Crippen molar-refractivity contribution < 1.29 is 9.21 Å². The van der Waals surface area contributed by atoms with Crippen molar-refractivity contribution in [1.82, 2.24) is 0 Å². The third-order valence-corrected chi connectivity index (χ3v) is 4.23. The van der Waals surface area contributed by atoms with Gasteiger partial charge in [-0.25, -0.2) is 0 Å². The van der Waals surface area contributed by atoms with Crippen molar-refractivity contribution in [3.05, 3.63) is 56.5 Å². The normalized spacial score (nSPS) is 10.8. The van der Waals surface area contributed by atoms with Gasteiger partial charge < -0.3 is 4.42 Å². The summed E-state index contributed by atoms with van der Waals surface area (Å²) in [6.45, 7) is 10.1. The largest absolute Gasteiger partial charge is 0.441 e. The molecule has 0 atom stereocenters. The van der Waals surface area contributed by atoms with Crippen LogP contribution in [0.1, 0.15) is 43.9 Å². The molecule has 0 aliphatic carbocycles. The summed E-state index contributed by atoms with van der Waals surface area (Å²) in [4.78, 5) is 12.6. The summed E-state index contributed by atoms with van der Waals surface area (Å²) in [5.74, 6) is 0.187. The van der Waals surface area contributed by atoms with Crippen LogP contribution in [0, 0.1) is 34.6 Å². The Hall–Kier alpha value is -1.54. The molecule has 0 amide bonds. The third kappa shape index (κ3) is 2.21. The molecule has 2 aromatic rings. The van der Waals surface area contributed by atoms with Crippen molar-refractivity contribution in [2.75, 3.05) is 0 Å². The molecule has 0 spiro atoms. The van der Waals surface area contributed by atoms with Gasteiger partial charge in [-0.2, -0.15) is 0 Å². The second kappa shape index (κ2) is 4.86. The van der Waals surface area contributed by atoms with Crippen LogP contribution in [0.5, 0.6) is 0 Å². The van der Waals surface area contributed by atoms with E-state index in [-0.39, 0.29) is 11.0 Å². The molecule has 100 valence electrons. The first-order valence-electron chi connectivity index (χ1n) is 6.21. The van der Waals surface area contributed by atoms with Crippen LogP contribution in [0.25, 0.3) is 0 Å². The lowest BCUT2D eigenvalue weighted by Crippen LogP contribution is -2.10. The minimum absolute atomic E-state index is 0.104. The highest BCUT2D eigenvalue weighted by Gasteiger charge is 2.21. The van der Waals surface area contributed by atoms with E-state index in [9.17, 15) is 4.79 Å². The van der Waals surface area contributed by atoms with E-state index in [4.69, 9.17) is 16.0 Å². The monoisotopic (exact) mass is 276 g/mol. The molecule has 0 bridgehead atoms. The van der Waals surface area contributed by atoms with Crippen molar-refractivity contribution in [2.24, 2.45) is 0 Å². The average Bonchev–Trinajstić information content (AvgIpc) is 2.81. The lowest BCUT2D eigenvalue weighted by Gasteiger charge is -2.17. The molecule has 0 unspecified atom stereocenters. The zero-order chi connectivity index (χ0) is 14.3. The average molecular weight is 277 g/mol. The first-order valence-corrected chi connectivity index (χ1v) is 6.59. The minimum Gasteiger partial charge on any atom is -0.441 e. The molecule has 2 nitrogen and oxygen atoms in total. The summed E-state index contributed by atoms with van der Waals surface area (Å²) in [6, 6.07) is 3.21. The molecular formula is C16H17ClO2. The molecule has 1 aromatic heterocycles. The van der Waals surface area contributed by atoms with Gasteiger partial charge in [0.05, 0.1) is 0 Å². The maximum atomic E-state index is 12.6. The van der Waals surface area contributed by atoms with E-state index in [0.717, 1.165) is 27.8 Å². The Bertz CT molecular complexity index is 637. The van der Waals surface area contributed by atoms with E-state index in [2.05, 4.69) is 6.92 Å². The van der Waals surface area contributed by atoms with Crippen molar-refractivity contribution in [2.45, 2.75) is 34.6 Å². The molecule has 19 heavy (non-hydrogen) atoms. The van der Waals surface area contributed by atoms with Crippen molar-refractivity contribution in [1.29, 1.82) is 0 Å². The molecule has 0 saturated heterocycles. The fraction of sp³-hybridized carbons (Fsp3) is 0.312. The predicted octanol–water partition coefficient (Wildman–Crippen LogP) is 4.71. The van der Waals surface area contributed by atoms with Gasteiger partial charge >= 0.3 is 0 Å². The summed E-state index contributed by atoms with van der Waals surface area (Å²) in [6.07, 6.45) is 0. The Morgan fingerprint density at radius 2 is 1.37 bits per heavy atom. The quantitative estimate of drug-likeness (QED) is 0.744.